The quantitative estimate of drug-likeness (QED) is 0.607. The molecular weight excluding hydrogens is 328 g/mol. The number of fused-ring (bicyclic) bond motifs is 4. The van der Waals surface area contributed by atoms with E-state index in [1.54, 1.807) is 18.2 Å². The molecule has 1 aliphatic carbocycles. The van der Waals surface area contributed by atoms with Gasteiger partial charge in [-0.15, -0.1) is 0 Å². The Balaban J connectivity index is 2.00. The number of hydrogen-bond donors (Lipinski definition) is 3. The maximum atomic E-state index is 13.3. The number of ketones is 1. The molecule has 0 spiro atoms. The molecule has 1 heterocycles. The molecule has 0 radical (unpaired) electrons. The minimum absolute atomic E-state index is 0.0436. The first kappa shape index (κ1) is 16.5. The van der Waals surface area contributed by atoms with Gasteiger partial charge in [0.15, 0.2) is 17.3 Å². The third-order valence-electron chi connectivity index (χ3n) is 5.05. The highest BCUT2D eigenvalue weighted by Crippen LogP contribution is 2.46. The van der Waals surface area contributed by atoms with Crippen LogP contribution in [0.2, 0.25) is 0 Å². The van der Waals surface area contributed by atoms with Crippen molar-refractivity contribution < 1.29 is 14.6 Å². The number of carbonyl (C=O) groups excluding carboxylic acids is 1. The van der Waals surface area contributed by atoms with Gasteiger partial charge < -0.3 is 20.6 Å². The summed E-state index contributed by atoms with van der Waals surface area (Å²) in [7, 11) is 0. The van der Waals surface area contributed by atoms with E-state index < -0.39 is 5.41 Å². The molecule has 2 aromatic carbocycles. The summed E-state index contributed by atoms with van der Waals surface area (Å²) >= 11 is 0. The second kappa shape index (κ2) is 5.27. The molecule has 5 heteroatoms. The Bertz CT molecular complexity index is 1060. The number of aromatic hydroxyl groups is 1. The molecule has 4 rings (SSSR count). The standard InChI is InChI=1S/C21H22N2O3/c1-10(2)26-17-8-13-14(9-16(17)24)21(3,4)20-18(19(13)25)12-6-5-11(22)7-15(12)23-20/h5-10,23-24H,22H2,1-4H3. The predicted octanol–water partition coefficient (Wildman–Crippen LogP) is 4.11. The highest BCUT2D eigenvalue weighted by atomic mass is 16.5. The fraction of sp³-hybridized carbons (Fsp3) is 0.286. The normalized spacial score (nSPS) is 15.2. The molecule has 0 saturated heterocycles. The third-order valence-corrected chi connectivity index (χ3v) is 5.05. The van der Waals surface area contributed by atoms with E-state index in [-0.39, 0.29) is 17.6 Å². The van der Waals surface area contributed by atoms with Gasteiger partial charge in [0, 0.05) is 33.3 Å². The number of hydrogen-bond acceptors (Lipinski definition) is 4. The lowest BCUT2D eigenvalue weighted by Gasteiger charge is -2.32. The summed E-state index contributed by atoms with van der Waals surface area (Å²) in [5.41, 5.74) is 9.76. The number of aromatic nitrogens is 1. The first-order valence-corrected chi connectivity index (χ1v) is 8.70. The molecule has 0 aliphatic heterocycles. The van der Waals surface area contributed by atoms with Gasteiger partial charge in [0.2, 0.25) is 0 Å². The summed E-state index contributed by atoms with van der Waals surface area (Å²) in [6, 6.07) is 8.83. The van der Waals surface area contributed by atoms with Crippen LogP contribution in [-0.2, 0) is 5.41 Å². The van der Waals surface area contributed by atoms with E-state index in [0.29, 0.717) is 22.6 Å². The molecule has 134 valence electrons. The highest BCUT2D eigenvalue weighted by molar-refractivity contribution is 6.20. The summed E-state index contributed by atoms with van der Waals surface area (Å²) in [6.45, 7) is 7.84. The van der Waals surface area contributed by atoms with E-state index in [4.69, 9.17) is 10.5 Å². The molecule has 0 fully saturated rings. The number of phenols is 1. The van der Waals surface area contributed by atoms with Gasteiger partial charge in [-0.3, -0.25) is 4.79 Å². The number of benzene rings is 2. The summed E-state index contributed by atoms with van der Waals surface area (Å²) in [4.78, 5) is 16.7. The van der Waals surface area contributed by atoms with Crippen molar-refractivity contribution in [3.8, 4) is 11.5 Å². The van der Waals surface area contributed by atoms with Gasteiger partial charge in [-0.2, -0.15) is 0 Å². The number of nitrogen functional groups attached to an aromatic ring is 1. The van der Waals surface area contributed by atoms with Crippen molar-refractivity contribution in [3.63, 3.8) is 0 Å². The Labute approximate surface area is 151 Å². The summed E-state index contributed by atoms with van der Waals surface area (Å²) in [6.07, 6.45) is -0.0997. The molecular formula is C21H22N2O3. The van der Waals surface area contributed by atoms with Crippen LogP contribution in [0.4, 0.5) is 5.69 Å². The van der Waals surface area contributed by atoms with Crippen molar-refractivity contribution in [3.05, 3.63) is 52.7 Å². The lowest BCUT2D eigenvalue weighted by molar-refractivity contribution is 0.103. The second-order valence-corrected chi connectivity index (χ2v) is 7.67. The number of phenolic OH excluding ortho intramolecular Hbond substituents is 1. The van der Waals surface area contributed by atoms with Crippen LogP contribution in [0.5, 0.6) is 11.5 Å². The van der Waals surface area contributed by atoms with Crippen molar-refractivity contribution in [1.29, 1.82) is 0 Å². The maximum Gasteiger partial charge on any atom is 0.195 e. The van der Waals surface area contributed by atoms with E-state index in [1.165, 1.54) is 0 Å². The summed E-state index contributed by atoms with van der Waals surface area (Å²) in [5.74, 6) is 0.302. The smallest absolute Gasteiger partial charge is 0.195 e. The number of rotatable bonds is 2. The monoisotopic (exact) mass is 350 g/mol. The Kier molecular flexibility index (Phi) is 3.35. The van der Waals surface area contributed by atoms with Crippen molar-refractivity contribution in [2.45, 2.75) is 39.2 Å². The number of ether oxygens (including phenoxy) is 1. The van der Waals surface area contributed by atoms with Gasteiger partial charge in [0.05, 0.1) is 11.7 Å². The Hall–Kier alpha value is -2.95. The first-order chi connectivity index (χ1) is 12.2. The average Bonchev–Trinajstić information content (AvgIpc) is 2.93. The molecule has 1 aliphatic rings. The molecule has 0 atom stereocenters. The molecule has 5 nitrogen and oxygen atoms in total. The lowest BCUT2D eigenvalue weighted by Crippen LogP contribution is -2.30. The zero-order valence-electron chi connectivity index (χ0n) is 15.3. The Morgan fingerprint density at radius 1 is 1.19 bits per heavy atom. The SMILES string of the molecule is CC(C)Oc1cc2c(cc1O)C(C)(C)c1[nH]c3cc(N)ccc3c1C2=O. The number of aromatic amines is 1. The van der Waals surface area contributed by atoms with Gasteiger partial charge in [-0.25, -0.2) is 0 Å². The summed E-state index contributed by atoms with van der Waals surface area (Å²) in [5, 5.41) is 11.3. The van der Waals surface area contributed by atoms with Crippen molar-refractivity contribution in [1.82, 2.24) is 4.98 Å². The van der Waals surface area contributed by atoms with Gasteiger partial charge in [-0.1, -0.05) is 19.9 Å². The highest BCUT2D eigenvalue weighted by Gasteiger charge is 2.40. The topological polar surface area (TPSA) is 88.3 Å². The predicted molar refractivity (Wildman–Crippen MR) is 102 cm³/mol. The molecule has 0 unspecified atom stereocenters. The van der Waals surface area contributed by atoms with Crippen LogP contribution in [0.1, 0.15) is 54.9 Å². The minimum atomic E-state index is -0.472. The fourth-order valence-corrected chi connectivity index (χ4v) is 3.81. The largest absolute Gasteiger partial charge is 0.504 e. The zero-order valence-corrected chi connectivity index (χ0v) is 15.3. The van der Waals surface area contributed by atoms with E-state index in [1.807, 2.05) is 39.8 Å². The summed E-state index contributed by atoms with van der Waals surface area (Å²) < 4.78 is 5.67. The van der Waals surface area contributed by atoms with Gasteiger partial charge >= 0.3 is 0 Å². The van der Waals surface area contributed by atoms with Crippen LogP contribution in [0.25, 0.3) is 10.9 Å². The third kappa shape index (κ3) is 2.20. The maximum absolute atomic E-state index is 13.3. The van der Waals surface area contributed by atoms with Crippen molar-refractivity contribution >= 4 is 22.4 Å². The van der Waals surface area contributed by atoms with Crippen LogP contribution in [-0.4, -0.2) is 22.0 Å². The minimum Gasteiger partial charge on any atom is -0.504 e. The molecule has 1 aromatic heterocycles. The van der Waals surface area contributed by atoms with Crippen molar-refractivity contribution in [2.24, 2.45) is 0 Å². The number of carbonyl (C=O) groups is 1. The van der Waals surface area contributed by atoms with Crippen LogP contribution in [0, 0.1) is 0 Å². The number of H-pyrrole nitrogens is 1. The second-order valence-electron chi connectivity index (χ2n) is 7.67. The van der Waals surface area contributed by atoms with Crippen molar-refractivity contribution in [2.75, 3.05) is 5.73 Å². The Morgan fingerprint density at radius 2 is 1.92 bits per heavy atom. The van der Waals surface area contributed by atoms with Gasteiger partial charge in [0.1, 0.15) is 0 Å². The van der Waals surface area contributed by atoms with Crippen LogP contribution >= 0.6 is 0 Å². The number of nitrogens with two attached hydrogens (primary N) is 1. The lowest BCUT2D eigenvalue weighted by atomic mass is 9.71. The molecule has 26 heavy (non-hydrogen) atoms. The molecule has 0 amide bonds. The first-order valence-electron chi connectivity index (χ1n) is 8.70. The molecule has 3 aromatic rings. The Morgan fingerprint density at radius 3 is 2.62 bits per heavy atom. The number of anilines is 1. The fourth-order valence-electron chi connectivity index (χ4n) is 3.81. The van der Waals surface area contributed by atoms with Crippen LogP contribution in [0.3, 0.4) is 0 Å². The molecule has 0 saturated carbocycles. The van der Waals surface area contributed by atoms with E-state index in [2.05, 4.69) is 4.98 Å². The zero-order chi connectivity index (χ0) is 18.8. The van der Waals surface area contributed by atoms with Gasteiger partial charge in [0.25, 0.3) is 0 Å². The van der Waals surface area contributed by atoms with Crippen LogP contribution in [0.15, 0.2) is 30.3 Å². The number of nitrogens with one attached hydrogen (secondary N) is 1. The van der Waals surface area contributed by atoms with E-state index in [0.717, 1.165) is 22.2 Å². The van der Waals surface area contributed by atoms with Crippen LogP contribution < -0.4 is 10.5 Å². The van der Waals surface area contributed by atoms with E-state index in [9.17, 15) is 9.90 Å². The van der Waals surface area contributed by atoms with E-state index >= 15 is 0 Å². The molecule has 0 bridgehead atoms. The van der Waals surface area contributed by atoms with Gasteiger partial charge in [-0.05, 0) is 43.7 Å². The average molecular weight is 350 g/mol. The molecule has 4 N–H and O–H groups in total.